The zero-order chi connectivity index (χ0) is 24.8. The average Bonchev–Trinajstić information content (AvgIpc) is 3.29. The van der Waals surface area contributed by atoms with Gasteiger partial charge in [0.25, 0.3) is 0 Å². The predicted molar refractivity (Wildman–Crippen MR) is 130 cm³/mol. The smallest absolute Gasteiger partial charge is 0.319 e. The van der Waals surface area contributed by atoms with Crippen LogP contribution in [0.2, 0.25) is 0 Å². The van der Waals surface area contributed by atoms with Crippen molar-refractivity contribution < 1.29 is 14.0 Å². The lowest BCUT2D eigenvalue weighted by molar-refractivity contribution is -0.136. The van der Waals surface area contributed by atoms with Gasteiger partial charge in [0.05, 0.1) is 5.92 Å². The Balaban J connectivity index is 1.26. The monoisotopic (exact) mass is 479 g/mol. The topological polar surface area (TPSA) is 105 Å². The van der Waals surface area contributed by atoms with Crippen LogP contribution in [-0.2, 0) is 18.3 Å². The number of piperidine rings is 1. The number of amides is 3. The molecule has 1 aliphatic rings. The Bertz CT molecular complexity index is 1160. The molecule has 0 aliphatic carbocycles. The lowest BCUT2D eigenvalue weighted by atomic mass is 9.90. The molecule has 1 aliphatic heterocycles. The molecule has 0 spiro atoms. The Morgan fingerprint density at radius 3 is 2.74 bits per heavy atom. The van der Waals surface area contributed by atoms with Crippen molar-refractivity contribution >= 4 is 17.6 Å². The van der Waals surface area contributed by atoms with Crippen LogP contribution in [0.1, 0.15) is 25.3 Å². The second-order valence-corrected chi connectivity index (χ2v) is 9.07. The van der Waals surface area contributed by atoms with Gasteiger partial charge in [-0.15, -0.1) is 5.10 Å². The number of benzene rings is 2. The van der Waals surface area contributed by atoms with E-state index in [0.29, 0.717) is 24.0 Å². The summed E-state index contributed by atoms with van der Waals surface area (Å²) >= 11 is 0. The van der Waals surface area contributed by atoms with E-state index in [1.165, 1.54) is 12.1 Å². The summed E-state index contributed by atoms with van der Waals surface area (Å²) < 4.78 is 14.7. The van der Waals surface area contributed by atoms with Crippen molar-refractivity contribution in [3.8, 4) is 11.4 Å². The molecule has 1 saturated heterocycles. The van der Waals surface area contributed by atoms with E-state index in [9.17, 15) is 14.0 Å². The van der Waals surface area contributed by atoms with Crippen LogP contribution in [-0.4, -0.2) is 56.7 Å². The van der Waals surface area contributed by atoms with Gasteiger partial charge in [0.1, 0.15) is 5.82 Å². The highest BCUT2D eigenvalue weighted by molar-refractivity contribution is 5.90. The largest absolute Gasteiger partial charge is 0.342 e. The van der Waals surface area contributed by atoms with E-state index >= 15 is 0 Å². The number of likely N-dealkylation sites (tertiary alicyclic amines) is 1. The molecule has 1 aromatic heterocycles. The Kier molecular flexibility index (Phi) is 7.69. The van der Waals surface area contributed by atoms with Crippen molar-refractivity contribution in [1.82, 2.24) is 30.4 Å². The number of urea groups is 1. The first-order valence-corrected chi connectivity index (χ1v) is 11.8. The number of tetrazole rings is 1. The van der Waals surface area contributed by atoms with Gasteiger partial charge in [0.15, 0.2) is 5.82 Å². The van der Waals surface area contributed by atoms with E-state index < -0.39 is 0 Å². The quantitative estimate of drug-likeness (QED) is 0.541. The van der Waals surface area contributed by atoms with Crippen LogP contribution in [0, 0.1) is 17.7 Å². The third-order valence-corrected chi connectivity index (χ3v) is 6.26. The standard InChI is InChI=1S/C25H30FN7O2/c1-17(24(34)33-12-4-5-19(16-33)13-18-8-10-21(26)11-9-18)15-27-25(35)28-22-7-3-6-20(14-22)23-29-30-31-32(23)2/h3,6-11,14,17,19H,4-5,12-13,15-16H2,1-2H3,(H2,27,28,35)/t17-,19+/m1/s1. The third kappa shape index (κ3) is 6.40. The number of aromatic nitrogens is 4. The molecule has 2 atom stereocenters. The highest BCUT2D eigenvalue weighted by Gasteiger charge is 2.27. The van der Waals surface area contributed by atoms with Crippen molar-refractivity contribution in [2.45, 2.75) is 26.2 Å². The molecule has 10 heteroatoms. The fourth-order valence-corrected chi connectivity index (χ4v) is 4.42. The molecule has 0 saturated carbocycles. The van der Waals surface area contributed by atoms with Gasteiger partial charge in [0, 0.05) is 37.9 Å². The van der Waals surface area contributed by atoms with Crippen LogP contribution in [0.3, 0.4) is 0 Å². The number of carbonyl (C=O) groups excluding carboxylic acids is 2. The number of aryl methyl sites for hydroxylation is 1. The van der Waals surface area contributed by atoms with E-state index in [1.54, 1.807) is 36.0 Å². The molecule has 0 unspecified atom stereocenters. The van der Waals surface area contributed by atoms with Crippen LogP contribution in [0.5, 0.6) is 0 Å². The van der Waals surface area contributed by atoms with Crippen LogP contribution in [0.15, 0.2) is 48.5 Å². The lowest BCUT2D eigenvalue weighted by Gasteiger charge is -2.34. The Labute approximate surface area is 203 Å². The summed E-state index contributed by atoms with van der Waals surface area (Å²) in [6, 6.07) is 13.4. The van der Waals surface area contributed by atoms with Gasteiger partial charge in [-0.05, 0) is 65.4 Å². The molecule has 2 N–H and O–H groups in total. The fraction of sp³-hybridized carbons (Fsp3) is 0.400. The van der Waals surface area contributed by atoms with E-state index in [-0.39, 0.29) is 30.2 Å². The summed E-state index contributed by atoms with van der Waals surface area (Å²) in [4.78, 5) is 27.3. The average molecular weight is 480 g/mol. The number of halogens is 1. The minimum Gasteiger partial charge on any atom is -0.342 e. The molecule has 3 aromatic rings. The van der Waals surface area contributed by atoms with Gasteiger partial charge in [-0.25, -0.2) is 13.9 Å². The van der Waals surface area contributed by atoms with E-state index in [2.05, 4.69) is 26.2 Å². The predicted octanol–water partition coefficient (Wildman–Crippen LogP) is 3.26. The number of hydrogen-bond acceptors (Lipinski definition) is 5. The van der Waals surface area contributed by atoms with Crippen LogP contribution in [0.25, 0.3) is 11.4 Å². The van der Waals surface area contributed by atoms with Crippen LogP contribution in [0.4, 0.5) is 14.9 Å². The Morgan fingerprint density at radius 2 is 2.00 bits per heavy atom. The van der Waals surface area contributed by atoms with Crippen molar-refractivity contribution in [3.05, 3.63) is 59.9 Å². The number of rotatable bonds is 7. The number of nitrogens with one attached hydrogen (secondary N) is 2. The van der Waals surface area contributed by atoms with Crippen molar-refractivity contribution in [1.29, 1.82) is 0 Å². The molecule has 1 fully saturated rings. The van der Waals surface area contributed by atoms with Gasteiger partial charge in [-0.2, -0.15) is 0 Å². The lowest BCUT2D eigenvalue weighted by Crippen LogP contribution is -2.45. The number of hydrogen-bond donors (Lipinski definition) is 2. The van der Waals surface area contributed by atoms with Gasteiger partial charge in [-0.1, -0.05) is 31.2 Å². The number of carbonyl (C=O) groups is 2. The fourth-order valence-electron chi connectivity index (χ4n) is 4.42. The highest BCUT2D eigenvalue weighted by Crippen LogP contribution is 2.23. The Hall–Kier alpha value is -3.82. The number of nitrogens with zero attached hydrogens (tertiary/aromatic N) is 5. The molecule has 4 rings (SSSR count). The van der Waals surface area contributed by atoms with E-state index in [0.717, 1.165) is 36.9 Å². The van der Waals surface area contributed by atoms with Gasteiger partial charge >= 0.3 is 6.03 Å². The number of anilines is 1. The SMILES string of the molecule is C[C@H](CNC(=O)Nc1cccc(-c2nnnn2C)c1)C(=O)N1CCC[C@@H](Cc2ccc(F)cc2)C1. The molecule has 184 valence electrons. The normalized spacial score (nSPS) is 16.5. The summed E-state index contributed by atoms with van der Waals surface area (Å²) in [5.41, 5.74) is 2.46. The highest BCUT2D eigenvalue weighted by atomic mass is 19.1. The molecule has 2 heterocycles. The first-order chi connectivity index (χ1) is 16.9. The van der Waals surface area contributed by atoms with Gasteiger partial charge < -0.3 is 15.5 Å². The van der Waals surface area contributed by atoms with Gasteiger partial charge in [-0.3, -0.25) is 4.79 Å². The maximum absolute atomic E-state index is 13.2. The second kappa shape index (κ2) is 11.1. The van der Waals surface area contributed by atoms with Crippen molar-refractivity contribution in [2.24, 2.45) is 18.9 Å². The summed E-state index contributed by atoms with van der Waals surface area (Å²) in [5.74, 6) is 0.382. The van der Waals surface area contributed by atoms with Gasteiger partial charge in [0.2, 0.25) is 5.91 Å². The molecule has 0 radical (unpaired) electrons. The third-order valence-electron chi connectivity index (χ3n) is 6.26. The summed E-state index contributed by atoms with van der Waals surface area (Å²) in [6.45, 7) is 3.46. The van der Waals surface area contributed by atoms with E-state index in [4.69, 9.17) is 0 Å². The maximum atomic E-state index is 13.2. The van der Waals surface area contributed by atoms with E-state index in [1.807, 2.05) is 24.0 Å². The zero-order valence-corrected chi connectivity index (χ0v) is 19.9. The first kappa shape index (κ1) is 24.3. The minimum atomic E-state index is -0.384. The first-order valence-electron chi connectivity index (χ1n) is 11.8. The molecule has 35 heavy (non-hydrogen) atoms. The van der Waals surface area contributed by atoms with Crippen molar-refractivity contribution in [2.75, 3.05) is 25.0 Å². The maximum Gasteiger partial charge on any atom is 0.319 e. The molecule has 0 bridgehead atoms. The minimum absolute atomic E-state index is 0.0332. The van der Waals surface area contributed by atoms with Crippen LogP contribution < -0.4 is 10.6 Å². The summed E-state index contributed by atoms with van der Waals surface area (Å²) in [5, 5.41) is 17.0. The Morgan fingerprint density at radius 1 is 1.20 bits per heavy atom. The molecular formula is C25H30FN7O2. The molecule has 3 amide bonds. The molecule has 9 nitrogen and oxygen atoms in total. The molecule has 2 aromatic carbocycles. The zero-order valence-electron chi connectivity index (χ0n) is 19.9. The van der Waals surface area contributed by atoms with Crippen LogP contribution >= 0.6 is 0 Å². The molecular weight excluding hydrogens is 449 g/mol. The summed E-state index contributed by atoms with van der Waals surface area (Å²) in [7, 11) is 1.74. The van der Waals surface area contributed by atoms with Crippen molar-refractivity contribution in [3.63, 3.8) is 0 Å². The second-order valence-electron chi connectivity index (χ2n) is 9.07. The summed E-state index contributed by atoms with van der Waals surface area (Å²) in [6.07, 6.45) is 2.80.